The first-order chi connectivity index (χ1) is 15.0. The monoisotopic (exact) mass is 444 g/mol. The van der Waals surface area contributed by atoms with Gasteiger partial charge in [-0.1, -0.05) is 6.07 Å². The van der Waals surface area contributed by atoms with Gasteiger partial charge in [-0.05, 0) is 60.4 Å². The molecule has 1 atom stereocenters. The predicted molar refractivity (Wildman–Crippen MR) is 121 cm³/mol. The molecule has 0 fully saturated rings. The Labute approximate surface area is 187 Å². The quantitative estimate of drug-likeness (QED) is 0.641. The topological polar surface area (TPSA) is 77.1 Å². The molecule has 0 bridgehead atoms. The molecule has 0 saturated heterocycles. The molecule has 1 N–H and O–H groups in total. The highest BCUT2D eigenvalue weighted by Gasteiger charge is 2.25. The number of hydrogen-bond acceptors (Lipinski definition) is 6. The minimum absolute atomic E-state index is 0.134. The normalized spacial score (nSPS) is 13.3. The number of likely N-dealkylation sites (N-methyl/N-ethyl adjacent to an activating group) is 1. The summed E-state index contributed by atoms with van der Waals surface area (Å²) < 4.78 is 16.3. The van der Waals surface area contributed by atoms with Crippen LogP contribution in [0.4, 0.5) is 0 Å². The Morgan fingerprint density at radius 3 is 2.52 bits per heavy atom. The molecule has 0 spiro atoms. The zero-order valence-electron chi connectivity index (χ0n) is 18.1. The van der Waals surface area contributed by atoms with E-state index in [1.54, 1.807) is 55.1 Å². The van der Waals surface area contributed by atoms with E-state index in [2.05, 4.69) is 5.32 Å². The summed E-state index contributed by atoms with van der Waals surface area (Å²) in [5.74, 6) is 2.42. The molecule has 0 saturated carbocycles. The maximum absolute atomic E-state index is 13.1. The lowest BCUT2D eigenvalue weighted by Crippen LogP contribution is -2.47. The number of fused-ring (bicyclic) bond motifs is 1. The summed E-state index contributed by atoms with van der Waals surface area (Å²) in [5, 5.41) is 2.89. The van der Waals surface area contributed by atoms with Crippen molar-refractivity contribution >= 4 is 23.6 Å². The van der Waals surface area contributed by atoms with E-state index in [-0.39, 0.29) is 11.8 Å². The van der Waals surface area contributed by atoms with Crippen molar-refractivity contribution in [3.8, 4) is 17.2 Å². The second-order valence-corrected chi connectivity index (χ2v) is 8.19. The number of benzene rings is 2. The van der Waals surface area contributed by atoms with Gasteiger partial charge in [0, 0.05) is 19.2 Å². The standard InChI is InChI=1S/C23H28N2O5S/c1-25(15-16-4-9-20-21(14-16)30-12-11-29-20)23(27)19(10-13-31-3)24-22(26)17-5-7-18(28-2)8-6-17/h4-9,14,19H,10-13,15H2,1-3H3,(H,24,26). The summed E-state index contributed by atoms with van der Waals surface area (Å²) in [5.41, 5.74) is 1.42. The van der Waals surface area contributed by atoms with Crippen LogP contribution in [0.15, 0.2) is 42.5 Å². The first-order valence-corrected chi connectivity index (χ1v) is 11.5. The Kier molecular flexibility index (Phi) is 8.06. The largest absolute Gasteiger partial charge is 0.497 e. The molecule has 1 aliphatic heterocycles. The molecule has 2 amide bonds. The molecular weight excluding hydrogens is 416 g/mol. The molecule has 0 aromatic heterocycles. The number of amides is 2. The van der Waals surface area contributed by atoms with Crippen molar-refractivity contribution < 1.29 is 23.8 Å². The number of hydrogen-bond donors (Lipinski definition) is 1. The van der Waals surface area contributed by atoms with Crippen LogP contribution in [0.5, 0.6) is 17.2 Å². The number of nitrogens with zero attached hydrogens (tertiary/aromatic N) is 1. The average molecular weight is 445 g/mol. The first kappa shape index (κ1) is 22.8. The third-order valence-corrected chi connectivity index (χ3v) is 5.61. The van der Waals surface area contributed by atoms with Crippen LogP contribution in [0, 0.1) is 0 Å². The van der Waals surface area contributed by atoms with Gasteiger partial charge in [0.15, 0.2) is 11.5 Å². The fourth-order valence-corrected chi connectivity index (χ4v) is 3.75. The maximum atomic E-state index is 13.1. The molecule has 166 valence electrons. The number of ether oxygens (including phenoxy) is 3. The number of methoxy groups -OCH3 is 1. The van der Waals surface area contributed by atoms with Crippen LogP contribution in [0.2, 0.25) is 0 Å². The van der Waals surface area contributed by atoms with E-state index in [9.17, 15) is 9.59 Å². The van der Waals surface area contributed by atoms with Crippen molar-refractivity contribution in [2.45, 2.75) is 19.0 Å². The molecule has 8 heteroatoms. The molecule has 2 aromatic rings. The van der Waals surface area contributed by atoms with Crippen LogP contribution in [-0.4, -0.2) is 62.1 Å². The lowest BCUT2D eigenvalue weighted by molar-refractivity contribution is -0.132. The van der Waals surface area contributed by atoms with Gasteiger partial charge in [0.25, 0.3) is 5.91 Å². The van der Waals surface area contributed by atoms with Crippen molar-refractivity contribution in [2.75, 3.05) is 39.4 Å². The Hall–Kier alpha value is -2.87. The van der Waals surface area contributed by atoms with E-state index < -0.39 is 6.04 Å². The Balaban J connectivity index is 1.67. The number of nitrogens with one attached hydrogen (secondary N) is 1. The van der Waals surface area contributed by atoms with Gasteiger partial charge in [-0.25, -0.2) is 0 Å². The van der Waals surface area contributed by atoms with E-state index in [1.807, 2.05) is 24.5 Å². The van der Waals surface area contributed by atoms with E-state index in [0.29, 0.717) is 49.0 Å². The summed E-state index contributed by atoms with van der Waals surface area (Å²) in [6, 6.07) is 11.9. The fraction of sp³-hybridized carbons (Fsp3) is 0.391. The van der Waals surface area contributed by atoms with Crippen molar-refractivity contribution in [1.82, 2.24) is 10.2 Å². The number of carbonyl (C=O) groups is 2. The van der Waals surface area contributed by atoms with Gasteiger partial charge in [-0.15, -0.1) is 0 Å². The van der Waals surface area contributed by atoms with E-state index in [1.165, 1.54) is 0 Å². The molecule has 31 heavy (non-hydrogen) atoms. The fourth-order valence-electron chi connectivity index (χ4n) is 3.28. The van der Waals surface area contributed by atoms with E-state index >= 15 is 0 Å². The van der Waals surface area contributed by atoms with Gasteiger partial charge < -0.3 is 24.4 Å². The van der Waals surface area contributed by atoms with Gasteiger partial charge in [0.2, 0.25) is 5.91 Å². The molecule has 1 unspecified atom stereocenters. The Morgan fingerprint density at radius 2 is 1.84 bits per heavy atom. The summed E-state index contributed by atoms with van der Waals surface area (Å²) in [4.78, 5) is 27.5. The Bertz CT molecular complexity index is 903. The van der Waals surface area contributed by atoms with Crippen LogP contribution >= 0.6 is 11.8 Å². The minimum atomic E-state index is -0.607. The molecule has 0 radical (unpaired) electrons. The summed E-state index contributed by atoms with van der Waals surface area (Å²) in [7, 11) is 3.31. The zero-order chi connectivity index (χ0) is 22.2. The van der Waals surface area contributed by atoms with Gasteiger partial charge in [-0.2, -0.15) is 11.8 Å². The number of carbonyl (C=O) groups excluding carboxylic acids is 2. The van der Waals surface area contributed by atoms with Crippen LogP contribution < -0.4 is 19.5 Å². The van der Waals surface area contributed by atoms with Gasteiger partial charge in [-0.3, -0.25) is 9.59 Å². The molecule has 1 heterocycles. The predicted octanol–water partition coefficient (Wildman–Crippen LogP) is 2.98. The lowest BCUT2D eigenvalue weighted by Gasteiger charge is -2.25. The molecule has 3 rings (SSSR count). The second kappa shape index (κ2) is 10.9. The number of rotatable bonds is 9. The number of thioether (sulfide) groups is 1. The highest BCUT2D eigenvalue weighted by Crippen LogP contribution is 2.31. The SMILES string of the molecule is COc1ccc(C(=O)NC(CCSC)C(=O)N(C)Cc2ccc3c(c2)OCCO3)cc1. The third-order valence-electron chi connectivity index (χ3n) is 4.97. The van der Waals surface area contributed by atoms with Crippen molar-refractivity contribution in [1.29, 1.82) is 0 Å². The molecule has 2 aromatic carbocycles. The van der Waals surface area contributed by atoms with Crippen LogP contribution in [0.1, 0.15) is 22.3 Å². The zero-order valence-corrected chi connectivity index (χ0v) is 18.9. The lowest BCUT2D eigenvalue weighted by atomic mass is 10.1. The molecule has 0 aliphatic carbocycles. The second-order valence-electron chi connectivity index (χ2n) is 7.21. The maximum Gasteiger partial charge on any atom is 0.251 e. The molecule has 7 nitrogen and oxygen atoms in total. The highest BCUT2D eigenvalue weighted by molar-refractivity contribution is 7.98. The van der Waals surface area contributed by atoms with Crippen LogP contribution in [-0.2, 0) is 11.3 Å². The smallest absolute Gasteiger partial charge is 0.251 e. The first-order valence-electron chi connectivity index (χ1n) is 10.1. The minimum Gasteiger partial charge on any atom is -0.497 e. The van der Waals surface area contributed by atoms with Gasteiger partial charge in [0.1, 0.15) is 25.0 Å². The summed E-state index contributed by atoms with van der Waals surface area (Å²) in [6.45, 7) is 1.46. The van der Waals surface area contributed by atoms with Crippen LogP contribution in [0.25, 0.3) is 0 Å². The van der Waals surface area contributed by atoms with Gasteiger partial charge >= 0.3 is 0 Å². The molecular formula is C23H28N2O5S. The molecule has 1 aliphatic rings. The summed E-state index contributed by atoms with van der Waals surface area (Å²) >= 11 is 1.64. The van der Waals surface area contributed by atoms with Crippen molar-refractivity contribution in [2.24, 2.45) is 0 Å². The Morgan fingerprint density at radius 1 is 1.13 bits per heavy atom. The van der Waals surface area contributed by atoms with Crippen LogP contribution in [0.3, 0.4) is 0 Å². The van der Waals surface area contributed by atoms with E-state index in [4.69, 9.17) is 14.2 Å². The van der Waals surface area contributed by atoms with E-state index in [0.717, 1.165) is 11.3 Å². The summed E-state index contributed by atoms with van der Waals surface area (Å²) in [6.07, 6.45) is 2.53. The van der Waals surface area contributed by atoms with Gasteiger partial charge in [0.05, 0.1) is 7.11 Å². The highest BCUT2D eigenvalue weighted by atomic mass is 32.2. The van der Waals surface area contributed by atoms with Crippen molar-refractivity contribution in [3.63, 3.8) is 0 Å². The average Bonchev–Trinajstić information content (AvgIpc) is 2.81. The third kappa shape index (κ3) is 6.07. The van der Waals surface area contributed by atoms with Crippen molar-refractivity contribution in [3.05, 3.63) is 53.6 Å².